The number of hydrogen-bond donors (Lipinski definition) is 2. The second-order valence-corrected chi connectivity index (χ2v) is 6.46. The summed E-state index contributed by atoms with van der Waals surface area (Å²) in [6.07, 6.45) is 0. The van der Waals surface area contributed by atoms with Crippen molar-refractivity contribution in [2.45, 2.75) is 0 Å². The SMILES string of the molecule is COc1cccc(-c2nc3ccc(NC(=O)Nc4ccc(Cl)cc4)cc3o2)c1. The van der Waals surface area contributed by atoms with E-state index < -0.39 is 0 Å². The Labute approximate surface area is 166 Å². The molecule has 0 spiro atoms. The molecule has 2 amide bonds. The molecular weight excluding hydrogens is 378 g/mol. The number of halogens is 1. The number of nitrogens with zero attached hydrogens (tertiary/aromatic N) is 1. The lowest BCUT2D eigenvalue weighted by Crippen LogP contribution is -2.19. The van der Waals surface area contributed by atoms with Gasteiger partial charge in [-0.15, -0.1) is 0 Å². The van der Waals surface area contributed by atoms with Crippen LogP contribution in [0.2, 0.25) is 5.02 Å². The van der Waals surface area contributed by atoms with Gasteiger partial charge >= 0.3 is 6.03 Å². The van der Waals surface area contributed by atoms with Crippen molar-refractivity contribution in [2.75, 3.05) is 17.7 Å². The van der Waals surface area contributed by atoms with Crippen LogP contribution in [-0.2, 0) is 0 Å². The number of fused-ring (bicyclic) bond motifs is 1. The van der Waals surface area contributed by atoms with Crippen molar-refractivity contribution in [1.29, 1.82) is 0 Å². The molecular formula is C21H16ClN3O3. The standard InChI is InChI=1S/C21H16ClN3O3/c1-27-17-4-2-3-13(11-17)20-25-18-10-9-16(12-19(18)28-20)24-21(26)23-15-7-5-14(22)6-8-15/h2-12H,1H3,(H2,23,24,26). The molecule has 0 fully saturated rings. The summed E-state index contributed by atoms with van der Waals surface area (Å²) in [5.41, 5.74) is 3.31. The van der Waals surface area contributed by atoms with Gasteiger partial charge in [0, 0.05) is 28.0 Å². The zero-order chi connectivity index (χ0) is 19.5. The third kappa shape index (κ3) is 3.92. The molecule has 0 radical (unpaired) electrons. The Morgan fingerprint density at radius 1 is 1.00 bits per heavy atom. The maximum Gasteiger partial charge on any atom is 0.323 e. The fourth-order valence-corrected chi connectivity index (χ4v) is 2.83. The van der Waals surface area contributed by atoms with Gasteiger partial charge in [0.2, 0.25) is 5.89 Å². The Bertz CT molecular complexity index is 1140. The van der Waals surface area contributed by atoms with Gasteiger partial charge < -0.3 is 19.8 Å². The lowest BCUT2D eigenvalue weighted by molar-refractivity contribution is 0.262. The number of rotatable bonds is 4. The van der Waals surface area contributed by atoms with E-state index in [0.29, 0.717) is 33.4 Å². The quantitative estimate of drug-likeness (QED) is 0.459. The zero-order valence-electron chi connectivity index (χ0n) is 14.9. The first kappa shape index (κ1) is 17.9. The molecule has 7 heteroatoms. The number of methoxy groups -OCH3 is 1. The highest BCUT2D eigenvalue weighted by molar-refractivity contribution is 6.30. The van der Waals surface area contributed by atoms with Gasteiger partial charge in [-0.1, -0.05) is 17.7 Å². The van der Waals surface area contributed by atoms with Crippen LogP contribution in [0.5, 0.6) is 5.75 Å². The minimum absolute atomic E-state index is 0.366. The maximum absolute atomic E-state index is 12.2. The third-order valence-corrected chi connectivity index (χ3v) is 4.32. The van der Waals surface area contributed by atoms with Crippen molar-refractivity contribution < 1.29 is 13.9 Å². The van der Waals surface area contributed by atoms with Crippen LogP contribution in [0.15, 0.2) is 71.1 Å². The van der Waals surface area contributed by atoms with E-state index in [0.717, 1.165) is 11.3 Å². The minimum atomic E-state index is -0.366. The number of ether oxygens (including phenoxy) is 1. The lowest BCUT2D eigenvalue weighted by Gasteiger charge is -2.07. The van der Waals surface area contributed by atoms with Gasteiger partial charge in [-0.05, 0) is 54.6 Å². The molecule has 0 saturated carbocycles. The highest BCUT2D eigenvalue weighted by atomic mass is 35.5. The summed E-state index contributed by atoms with van der Waals surface area (Å²) in [5, 5.41) is 6.12. The number of carbonyl (C=O) groups is 1. The Hall–Kier alpha value is -3.51. The van der Waals surface area contributed by atoms with Crippen LogP contribution in [-0.4, -0.2) is 18.1 Å². The van der Waals surface area contributed by atoms with E-state index >= 15 is 0 Å². The molecule has 28 heavy (non-hydrogen) atoms. The molecule has 1 aromatic heterocycles. The normalized spacial score (nSPS) is 10.6. The molecule has 0 aliphatic rings. The van der Waals surface area contributed by atoms with Gasteiger partial charge in [-0.25, -0.2) is 9.78 Å². The average molecular weight is 394 g/mol. The highest BCUT2D eigenvalue weighted by Crippen LogP contribution is 2.28. The fourth-order valence-electron chi connectivity index (χ4n) is 2.71. The van der Waals surface area contributed by atoms with Crippen molar-refractivity contribution in [1.82, 2.24) is 4.98 Å². The van der Waals surface area contributed by atoms with E-state index in [1.165, 1.54) is 0 Å². The molecule has 0 aliphatic heterocycles. The summed E-state index contributed by atoms with van der Waals surface area (Å²) in [4.78, 5) is 16.7. The van der Waals surface area contributed by atoms with Crippen LogP contribution in [0.3, 0.4) is 0 Å². The summed E-state index contributed by atoms with van der Waals surface area (Å²) in [5.74, 6) is 1.21. The average Bonchev–Trinajstić information content (AvgIpc) is 3.13. The van der Waals surface area contributed by atoms with E-state index in [1.807, 2.05) is 24.3 Å². The van der Waals surface area contributed by atoms with E-state index in [9.17, 15) is 4.79 Å². The number of benzene rings is 3. The largest absolute Gasteiger partial charge is 0.497 e. The van der Waals surface area contributed by atoms with Crippen LogP contribution in [0, 0.1) is 0 Å². The summed E-state index contributed by atoms with van der Waals surface area (Å²) in [6, 6.07) is 19.3. The maximum atomic E-state index is 12.2. The molecule has 140 valence electrons. The summed E-state index contributed by atoms with van der Waals surface area (Å²) >= 11 is 5.84. The molecule has 6 nitrogen and oxygen atoms in total. The van der Waals surface area contributed by atoms with Crippen LogP contribution in [0.25, 0.3) is 22.6 Å². The van der Waals surface area contributed by atoms with Crippen LogP contribution in [0.1, 0.15) is 0 Å². The fraction of sp³-hybridized carbons (Fsp3) is 0.0476. The Morgan fingerprint density at radius 3 is 2.54 bits per heavy atom. The molecule has 2 N–H and O–H groups in total. The smallest absolute Gasteiger partial charge is 0.323 e. The van der Waals surface area contributed by atoms with Crippen molar-refractivity contribution in [3.8, 4) is 17.2 Å². The molecule has 4 aromatic rings. The highest BCUT2D eigenvalue weighted by Gasteiger charge is 2.11. The topological polar surface area (TPSA) is 76.4 Å². The van der Waals surface area contributed by atoms with Crippen molar-refractivity contribution in [3.05, 3.63) is 71.8 Å². The molecule has 4 rings (SSSR count). The minimum Gasteiger partial charge on any atom is -0.497 e. The first-order valence-corrected chi connectivity index (χ1v) is 8.87. The number of amides is 2. The van der Waals surface area contributed by atoms with Crippen LogP contribution in [0.4, 0.5) is 16.2 Å². The summed E-state index contributed by atoms with van der Waals surface area (Å²) in [7, 11) is 1.61. The number of oxazole rings is 1. The van der Waals surface area contributed by atoms with Crippen molar-refractivity contribution in [2.24, 2.45) is 0 Å². The van der Waals surface area contributed by atoms with E-state index in [4.69, 9.17) is 20.8 Å². The number of urea groups is 1. The molecule has 0 bridgehead atoms. The Balaban J connectivity index is 1.52. The number of aromatic nitrogens is 1. The molecule has 0 atom stereocenters. The van der Waals surface area contributed by atoms with Gasteiger partial charge in [-0.3, -0.25) is 0 Å². The number of carbonyl (C=O) groups excluding carboxylic acids is 1. The molecule has 3 aromatic carbocycles. The Kier molecular flexibility index (Phi) is 4.87. The number of hydrogen-bond acceptors (Lipinski definition) is 4. The molecule has 0 aliphatic carbocycles. The number of nitrogens with one attached hydrogen (secondary N) is 2. The number of anilines is 2. The predicted molar refractivity (Wildman–Crippen MR) is 110 cm³/mol. The second-order valence-electron chi connectivity index (χ2n) is 6.02. The first-order chi connectivity index (χ1) is 13.6. The molecule has 0 saturated heterocycles. The van der Waals surface area contributed by atoms with Crippen LogP contribution >= 0.6 is 11.6 Å². The zero-order valence-corrected chi connectivity index (χ0v) is 15.7. The predicted octanol–water partition coefficient (Wildman–Crippen LogP) is 5.80. The summed E-state index contributed by atoms with van der Waals surface area (Å²) < 4.78 is 11.1. The summed E-state index contributed by atoms with van der Waals surface area (Å²) in [6.45, 7) is 0. The van der Waals surface area contributed by atoms with E-state index in [-0.39, 0.29) is 6.03 Å². The molecule has 1 heterocycles. The van der Waals surface area contributed by atoms with Crippen molar-refractivity contribution >= 4 is 40.1 Å². The monoisotopic (exact) mass is 393 g/mol. The van der Waals surface area contributed by atoms with Gasteiger partial charge in [-0.2, -0.15) is 0 Å². The van der Waals surface area contributed by atoms with Gasteiger partial charge in [0.1, 0.15) is 11.3 Å². The van der Waals surface area contributed by atoms with Crippen LogP contribution < -0.4 is 15.4 Å². The van der Waals surface area contributed by atoms with E-state index in [1.54, 1.807) is 49.6 Å². The lowest BCUT2D eigenvalue weighted by atomic mass is 10.2. The Morgan fingerprint density at radius 2 is 1.75 bits per heavy atom. The van der Waals surface area contributed by atoms with Gasteiger partial charge in [0.15, 0.2) is 5.58 Å². The molecule has 0 unspecified atom stereocenters. The van der Waals surface area contributed by atoms with Gasteiger partial charge in [0.05, 0.1) is 7.11 Å². The van der Waals surface area contributed by atoms with Crippen molar-refractivity contribution in [3.63, 3.8) is 0 Å². The first-order valence-electron chi connectivity index (χ1n) is 8.49. The van der Waals surface area contributed by atoms with E-state index in [2.05, 4.69) is 15.6 Å². The third-order valence-electron chi connectivity index (χ3n) is 4.07. The second kappa shape index (κ2) is 7.62. The van der Waals surface area contributed by atoms with Gasteiger partial charge in [0.25, 0.3) is 0 Å².